The van der Waals surface area contributed by atoms with Crippen molar-refractivity contribution in [3.63, 3.8) is 0 Å². The van der Waals surface area contributed by atoms with Crippen LogP contribution in [0.5, 0.6) is 11.5 Å². The summed E-state index contributed by atoms with van der Waals surface area (Å²) in [6.45, 7) is 4.64. The third-order valence-corrected chi connectivity index (χ3v) is 3.42. The highest BCUT2D eigenvalue weighted by Gasteiger charge is 2.15. The second kappa shape index (κ2) is 8.93. The first kappa shape index (κ1) is 17.8. The predicted octanol–water partition coefficient (Wildman–Crippen LogP) is 3.43. The lowest BCUT2D eigenvalue weighted by Gasteiger charge is -2.16. The molecule has 1 atom stereocenters. The van der Waals surface area contributed by atoms with Gasteiger partial charge in [0.25, 0.3) is 5.91 Å². The Morgan fingerprint density at radius 2 is 1.92 bits per heavy atom. The summed E-state index contributed by atoms with van der Waals surface area (Å²) in [7, 11) is 1.62. The van der Waals surface area contributed by atoms with Crippen LogP contribution in [0.2, 0.25) is 0 Å². The van der Waals surface area contributed by atoms with Gasteiger partial charge in [0.05, 0.1) is 6.61 Å². The summed E-state index contributed by atoms with van der Waals surface area (Å²) in [6, 6.07) is 14.8. The molecule has 0 aliphatic rings. The predicted molar refractivity (Wildman–Crippen MR) is 93.7 cm³/mol. The number of hydrogen-bond donors (Lipinski definition) is 1. The van der Waals surface area contributed by atoms with E-state index in [1.807, 2.05) is 49.4 Å². The van der Waals surface area contributed by atoms with Gasteiger partial charge in [0, 0.05) is 18.9 Å². The number of carbonyl (C=O) groups is 1. The van der Waals surface area contributed by atoms with E-state index in [9.17, 15) is 4.79 Å². The molecule has 0 saturated heterocycles. The maximum atomic E-state index is 12.3. The Balaban J connectivity index is 1.93. The van der Waals surface area contributed by atoms with E-state index in [1.54, 1.807) is 20.1 Å². The van der Waals surface area contributed by atoms with Crippen molar-refractivity contribution in [2.45, 2.75) is 20.0 Å². The van der Waals surface area contributed by atoms with Crippen LogP contribution in [0.1, 0.15) is 12.5 Å². The molecule has 1 N–H and O–H groups in total. The van der Waals surface area contributed by atoms with E-state index in [-0.39, 0.29) is 5.91 Å². The first-order valence-corrected chi connectivity index (χ1v) is 7.85. The number of hydrogen-bond acceptors (Lipinski definition) is 4. The lowest BCUT2D eigenvalue weighted by Crippen LogP contribution is -2.30. The Morgan fingerprint density at radius 1 is 1.12 bits per heavy atom. The number of carbonyl (C=O) groups excluding carboxylic acids is 1. The van der Waals surface area contributed by atoms with E-state index < -0.39 is 6.10 Å². The highest BCUT2D eigenvalue weighted by molar-refractivity contribution is 5.94. The fourth-order valence-electron chi connectivity index (χ4n) is 2.08. The Labute approximate surface area is 142 Å². The van der Waals surface area contributed by atoms with Gasteiger partial charge in [-0.15, -0.1) is 0 Å². The highest BCUT2D eigenvalue weighted by Crippen LogP contribution is 2.20. The van der Waals surface area contributed by atoms with Gasteiger partial charge in [0.1, 0.15) is 18.1 Å². The smallest absolute Gasteiger partial charge is 0.265 e. The second-order valence-electron chi connectivity index (χ2n) is 5.38. The summed E-state index contributed by atoms with van der Waals surface area (Å²) in [4.78, 5) is 12.3. The molecular weight excluding hydrogens is 306 g/mol. The van der Waals surface area contributed by atoms with Gasteiger partial charge in [0.2, 0.25) is 0 Å². The molecule has 2 aromatic carbocycles. The zero-order chi connectivity index (χ0) is 17.4. The lowest BCUT2D eigenvalue weighted by atomic mass is 10.2. The average molecular weight is 329 g/mol. The van der Waals surface area contributed by atoms with E-state index in [2.05, 4.69) is 5.32 Å². The quantitative estimate of drug-likeness (QED) is 0.754. The molecule has 5 nitrogen and oxygen atoms in total. The van der Waals surface area contributed by atoms with Crippen molar-refractivity contribution in [2.75, 3.05) is 25.6 Å². The minimum atomic E-state index is -0.607. The topological polar surface area (TPSA) is 56.8 Å². The van der Waals surface area contributed by atoms with Crippen molar-refractivity contribution >= 4 is 11.6 Å². The summed E-state index contributed by atoms with van der Waals surface area (Å²) in [5.74, 6) is 1.17. The molecule has 0 bridgehead atoms. The van der Waals surface area contributed by atoms with E-state index in [1.165, 1.54) is 0 Å². The second-order valence-corrected chi connectivity index (χ2v) is 5.38. The standard InChI is InChI=1S/C19H23NO4/c1-14-7-4-5-10-18(14)24-15(2)19(21)20-16-8-6-9-17(13-16)23-12-11-22-3/h4-10,13,15H,11-12H2,1-3H3,(H,20,21)/t15-/m0/s1. The molecule has 2 aromatic rings. The van der Waals surface area contributed by atoms with Crippen LogP contribution in [0.25, 0.3) is 0 Å². The molecule has 128 valence electrons. The summed E-state index contributed by atoms with van der Waals surface area (Å²) in [5.41, 5.74) is 1.65. The van der Waals surface area contributed by atoms with Gasteiger partial charge in [0.15, 0.2) is 6.10 Å². The molecule has 0 spiro atoms. The number of rotatable bonds is 8. The highest BCUT2D eigenvalue weighted by atomic mass is 16.5. The van der Waals surface area contributed by atoms with Crippen molar-refractivity contribution in [3.8, 4) is 11.5 Å². The van der Waals surface area contributed by atoms with E-state index in [0.717, 1.165) is 5.56 Å². The van der Waals surface area contributed by atoms with Gasteiger partial charge in [-0.2, -0.15) is 0 Å². The number of benzene rings is 2. The Bertz CT molecular complexity index is 672. The lowest BCUT2D eigenvalue weighted by molar-refractivity contribution is -0.122. The third kappa shape index (κ3) is 5.28. The van der Waals surface area contributed by atoms with Crippen molar-refractivity contribution in [1.82, 2.24) is 0 Å². The summed E-state index contributed by atoms with van der Waals surface area (Å²) < 4.78 is 16.2. The van der Waals surface area contributed by atoms with Gasteiger partial charge in [-0.1, -0.05) is 24.3 Å². The monoisotopic (exact) mass is 329 g/mol. The Hall–Kier alpha value is -2.53. The number of para-hydroxylation sites is 1. The molecule has 0 unspecified atom stereocenters. The van der Waals surface area contributed by atoms with Crippen molar-refractivity contribution in [3.05, 3.63) is 54.1 Å². The number of ether oxygens (including phenoxy) is 3. The normalized spacial score (nSPS) is 11.6. The number of methoxy groups -OCH3 is 1. The summed E-state index contributed by atoms with van der Waals surface area (Å²) >= 11 is 0. The zero-order valence-corrected chi connectivity index (χ0v) is 14.2. The number of anilines is 1. The van der Waals surface area contributed by atoms with Crippen LogP contribution < -0.4 is 14.8 Å². The van der Waals surface area contributed by atoms with Crippen molar-refractivity contribution in [2.24, 2.45) is 0 Å². The largest absolute Gasteiger partial charge is 0.491 e. The number of nitrogens with one attached hydrogen (secondary N) is 1. The molecule has 5 heteroatoms. The fraction of sp³-hybridized carbons (Fsp3) is 0.316. The minimum Gasteiger partial charge on any atom is -0.491 e. The first-order chi connectivity index (χ1) is 11.6. The van der Waals surface area contributed by atoms with Crippen LogP contribution in [-0.2, 0) is 9.53 Å². The minimum absolute atomic E-state index is 0.215. The molecule has 0 saturated carbocycles. The van der Waals surface area contributed by atoms with Gasteiger partial charge in [-0.05, 0) is 37.6 Å². The molecule has 1 amide bonds. The molecular formula is C19H23NO4. The maximum absolute atomic E-state index is 12.3. The van der Waals surface area contributed by atoms with Gasteiger partial charge in [-0.25, -0.2) is 0 Å². The average Bonchev–Trinajstić information content (AvgIpc) is 2.57. The Kier molecular flexibility index (Phi) is 6.63. The van der Waals surface area contributed by atoms with Crippen LogP contribution in [0.15, 0.2) is 48.5 Å². The van der Waals surface area contributed by atoms with Gasteiger partial charge < -0.3 is 19.5 Å². The molecule has 0 heterocycles. The molecule has 0 aliphatic carbocycles. The summed E-state index contributed by atoms with van der Waals surface area (Å²) in [6.07, 6.45) is -0.607. The maximum Gasteiger partial charge on any atom is 0.265 e. The molecule has 2 rings (SSSR count). The van der Waals surface area contributed by atoms with Crippen molar-refractivity contribution < 1.29 is 19.0 Å². The van der Waals surface area contributed by atoms with Crippen molar-refractivity contribution in [1.29, 1.82) is 0 Å². The van der Waals surface area contributed by atoms with Gasteiger partial charge >= 0.3 is 0 Å². The van der Waals surface area contributed by atoms with Crippen LogP contribution in [-0.4, -0.2) is 32.3 Å². The van der Waals surface area contributed by atoms with E-state index >= 15 is 0 Å². The molecule has 0 aliphatic heterocycles. The molecule has 24 heavy (non-hydrogen) atoms. The molecule has 0 aromatic heterocycles. The molecule has 0 fully saturated rings. The van der Waals surface area contributed by atoms with Crippen LogP contribution in [0.4, 0.5) is 5.69 Å². The summed E-state index contributed by atoms with van der Waals surface area (Å²) in [5, 5.41) is 2.84. The Morgan fingerprint density at radius 3 is 2.67 bits per heavy atom. The number of aryl methyl sites for hydroxylation is 1. The zero-order valence-electron chi connectivity index (χ0n) is 14.2. The van der Waals surface area contributed by atoms with Gasteiger partial charge in [-0.3, -0.25) is 4.79 Å². The van der Waals surface area contributed by atoms with E-state index in [4.69, 9.17) is 14.2 Å². The molecule has 0 radical (unpaired) electrons. The van der Waals surface area contributed by atoms with Crippen LogP contribution in [0.3, 0.4) is 0 Å². The fourth-order valence-corrected chi connectivity index (χ4v) is 2.08. The van der Waals surface area contributed by atoms with E-state index in [0.29, 0.717) is 30.4 Å². The van der Waals surface area contributed by atoms with Crippen LogP contribution in [0, 0.1) is 6.92 Å². The third-order valence-electron chi connectivity index (χ3n) is 3.42. The number of amides is 1. The van der Waals surface area contributed by atoms with Crippen LogP contribution >= 0.6 is 0 Å². The first-order valence-electron chi connectivity index (χ1n) is 7.85. The SMILES string of the molecule is COCCOc1cccc(NC(=O)[C@H](C)Oc2ccccc2C)c1.